The van der Waals surface area contributed by atoms with Crippen molar-refractivity contribution in [2.45, 2.75) is 64.7 Å². The van der Waals surface area contributed by atoms with Crippen molar-refractivity contribution in [1.82, 2.24) is 4.90 Å². The van der Waals surface area contributed by atoms with Gasteiger partial charge in [0, 0.05) is 5.69 Å². The van der Waals surface area contributed by atoms with Gasteiger partial charge in [-0.25, -0.2) is 0 Å². The molecule has 0 spiro atoms. The number of nitrogens with zero attached hydrogens (tertiary/aromatic N) is 1. The van der Waals surface area contributed by atoms with Crippen LogP contribution in [0.5, 0.6) is 0 Å². The molecular weight excluding hydrogens is 328 g/mol. The van der Waals surface area contributed by atoms with Crippen LogP contribution in [0.1, 0.15) is 63.9 Å². The number of benzene rings is 1. The Morgan fingerprint density at radius 3 is 2.48 bits per heavy atom. The number of unbranched alkanes of at least 4 members (excludes halogenated alkanes) is 3. The van der Waals surface area contributed by atoms with Gasteiger partial charge in [0.2, 0.25) is 0 Å². The van der Waals surface area contributed by atoms with Crippen molar-refractivity contribution in [3.8, 4) is 0 Å². The maximum Gasteiger partial charge on any atom is 0.153 e. The van der Waals surface area contributed by atoms with E-state index in [-0.39, 0.29) is 5.78 Å². The van der Waals surface area contributed by atoms with Gasteiger partial charge in [-0.05, 0) is 56.5 Å². The number of hydrogen-bond donors (Lipinski definition) is 1. The molecule has 1 aromatic carbocycles. The minimum Gasteiger partial charge on any atom is -0.350 e. The average Bonchev–Trinajstić information content (AvgIpc) is 2.61. The number of carbonyl (C=O) groups excluding carboxylic acids is 1. The second-order valence-electron chi connectivity index (χ2n) is 7.11. The molecule has 0 amide bonds. The minimum atomic E-state index is 0.215. The summed E-state index contributed by atoms with van der Waals surface area (Å²) in [4.78, 5) is 15.0. The normalized spacial score (nSPS) is 15.1. The average molecular weight is 361 g/mol. The van der Waals surface area contributed by atoms with E-state index in [1.807, 2.05) is 0 Å². The van der Waals surface area contributed by atoms with Crippen LogP contribution < -0.4 is 5.32 Å². The van der Waals surface area contributed by atoms with E-state index in [9.17, 15) is 4.79 Å². The lowest BCUT2D eigenvalue weighted by atomic mass is 10.1. The summed E-state index contributed by atoms with van der Waals surface area (Å²) in [5.74, 6) is 0.215. The first-order valence-electron chi connectivity index (χ1n) is 9.80. The van der Waals surface area contributed by atoms with Gasteiger partial charge in [-0.3, -0.25) is 9.69 Å². The van der Waals surface area contributed by atoms with Crippen LogP contribution in [0, 0.1) is 0 Å². The van der Waals surface area contributed by atoms with Crippen molar-refractivity contribution >= 4 is 28.7 Å². The number of Topliss-reactive ketones (excluding diaryl/α,β-unsaturated/α-hetero) is 1. The number of ketones is 1. The van der Waals surface area contributed by atoms with Crippen LogP contribution in [0.3, 0.4) is 0 Å². The number of carbonyl (C=O) groups is 1. The molecule has 1 aliphatic heterocycles. The maximum absolute atomic E-state index is 12.2. The molecule has 1 fully saturated rings. The molecule has 1 aliphatic rings. The highest BCUT2D eigenvalue weighted by Crippen LogP contribution is 2.14. The van der Waals surface area contributed by atoms with Crippen LogP contribution in [-0.2, 0) is 11.2 Å². The number of aryl methyl sites for hydroxylation is 1. The number of likely N-dealkylation sites (tertiary alicyclic amines) is 1. The van der Waals surface area contributed by atoms with Crippen molar-refractivity contribution in [3.05, 3.63) is 29.8 Å². The molecule has 1 saturated heterocycles. The highest BCUT2D eigenvalue weighted by atomic mass is 32.1. The summed E-state index contributed by atoms with van der Waals surface area (Å²) in [7, 11) is 0. The van der Waals surface area contributed by atoms with Crippen LogP contribution >= 0.6 is 12.2 Å². The van der Waals surface area contributed by atoms with Crippen molar-refractivity contribution in [2.24, 2.45) is 0 Å². The van der Waals surface area contributed by atoms with Gasteiger partial charge in [0.1, 0.15) is 0 Å². The van der Waals surface area contributed by atoms with Crippen molar-refractivity contribution < 1.29 is 4.79 Å². The lowest BCUT2D eigenvalue weighted by Crippen LogP contribution is -2.35. The summed E-state index contributed by atoms with van der Waals surface area (Å²) in [5.41, 5.74) is 2.35. The van der Waals surface area contributed by atoms with Crippen LogP contribution in [0.25, 0.3) is 0 Å². The third kappa shape index (κ3) is 8.10. The fourth-order valence-corrected chi connectivity index (χ4v) is 3.60. The van der Waals surface area contributed by atoms with Crippen LogP contribution in [0.2, 0.25) is 0 Å². The summed E-state index contributed by atoms with van der Waals surface area (Å²) in [6.07, 6.45) is 10.3. The molecule has 0 atom stereocenters. The van der Waals surface area contributed by atoms with E-state index in [0.717, 1.165) is 25.2 Å². The van der Waals surface area contributed by atoms with E-state index >= 15 is 0 Å². The molecule has 1 heterocycles. The molecule has 0 aromatic heterocycles. The molecule has 0 aliphatic carbocycles. The van der Waals surface area contributed by atoms with Gasteiger partial charge >= 0.3 is 0 Å². The zero-order chi connectivity index (χ0) is 17.9. The van der Waals surface area contributed by atoms with E-state index in [4.69, 9.17) is 12.2 Å². The molecule has 138 valence electrons. The Labute approximate surface area is 158 Å². The van der Waals surface area contributed by atoms with Gasteiger partial charge in [0.25, 0.3) is 0 Å². The van der Waals surface area contributed by atoms with Crippen LogP contribution in [0.15, 0.2) is 24.3 Å². The van der Waals surface area contributed by atoms with E-state index in [0.29, 0.717) is 18.0 Å². The second kappa shape index (κ2) is 11.4. The first-order valence-corrected chi connectivity index (χ1v) is 10.2. The van der Waals surface area contributed by atoms with E-state index < -0.39 is 0 Å². The van der Waals surface area contributed by atoms with Gasteiger partial charge in [-0.1, -0.05) is 57.0 Å². The Kier molecular flexibility index (Phi) is 9.12. The van der Waals surface area contributed by atoms with Gasteiger partial charge in [-0.15, -0.1) is 0 Å². The monoisotopic (exact) mass is 360 g/mol. The van der Waals surface area contributed by atoms with Crippen LogP contribution in [-0.4, -0.2) is 35.3 Å². The first kappa shape index (κ1) is 20.1. The van der Waals surface area contributed by atoms with Gasteiger partial charge in [-0.2, -0.15) is 0 Å². The number of rotatable bonds is 10. The predicted octanol–water partition coefficient (Wildman–Crippen LogP) is 4.99. The summed E-state index contributed by atoms with van der Waals surface area (Å²) >= 11 is 5.36. The number of piperidine rings is 1. The van der Waals surface area contributed by atoms with E-state index in [1.165, 1.54) is 50.5 Å². The summed E-state index contributed by atoms with van der Waals surface area (Å²) in [6.45, 7) is 4.87. The molecular formula is C21H32N2OS. The zero-order valence-electron chi connectivity index (χ0n) is 15.6. The van der Waals surface area contributed by atoms with Crippen molar-refractivity contribution in [2.75, 3.05) is 25.0 Å². The molecule has 0 unspecified atom stereocenters. The molecule has 0 bridgehead atoms. The van der Waals surface area contributed by atoms with Crippen LogP contribution in [0.4, 0.5) is 5.69 Å². The Morgan fingerprint density at radius 1 is 1.08 bits per heavy atom. The topological polar surface area (TPSA) is 32.3 Å². The van der Waals surface area contributed by atoms with Gasteiger partial charge in [0.05, 0.1) is 18.0 Å². The van der Waals surface area contributed by atoms with Crippen molar-refractivity contribution in [3.63, 3.8) is 0 Å². The highest BCUT2D eigenvalue weighted by Gasteiger charge is 2.15. The maximum atomic E-state index is 12.2. The SMILES string of the molecule is CCCCCCc1ccc(NC(=S)CC(=O)CN2CCCCC2)cc1. The molecule has 1 aromatic rings. The number of hydrogen-bond acceptors (Lipinski definition) is 3. The Morgan fingerprint density at radius 2 is 1.80 bits per heavy atom. The standard InChI is InChI=1S/C21H32N2OS/c1-2-3-4-6-9-18-10-12-19(13-11-18)22-21(25)16-20(24)17-23-14-7-5-8-15-23/h10-13H,2-9,14-17H2,1H3,(H,22,25). The fourth-order valence-electron chi connectivity index (χ4n) is 3.32. The Hall–Kier alpha value is -1.26. The second-order valence-corrected chi connectivity index (χ2v) is 7.60. The van der Waals surface area contributed by atoms with Crippen molar-refractivity contribution in [1.29, 1.82) is 0 Å². The highest BCUT2D eigenvalue weighted by molar-refractivity contribution is 7.80. The Balaban J connectivity index is 1.69. The number of nitrogens with one attached hydrogen (secondary N) is 1. The number of thiocarbonyl (C=S) groups is 1. The zero-order valence-corrected chi connectivity index (χ0v) is 16.4. The molecule has 2 rings (SSSR count). The largest absolute Gasteiger partial charge is 0.350 e. The molecule has 1 N–H and O–H groups in total. The molecule has 0 saturated carbocycles. The summed E-state index contributed by atoms with van der Waals surface area (Å²) in [6, 6.07) is 8.45. The van der Waals surface area contributed by atoms with Gasteiger partial charge < -0.3 is 5.32 Å². The van der Waals surface area contributed by atoms with E-state index in [2.05, 4.69) is 41.4 Å². The lowest BCUT2D eigenvalue weighted by Gasteiger charge is -2.25. The minimum absolute atomic E-state index is 0.215. The number of anilines is 1. The Bertz CT molecular complexity index is 535. The van der Waals surface area contributed by atoms with Gasteiger partial charge in [0.15, 0.2) is 5.78 Å². The molecule has 4 heteroatoms. The summed E-state index contributed by atoms with van der Waals surface area (Å²) in [5, 5.41) is 3.21. The molecule has 0 radical (unpaired) electrons. The molecule has 25 heavy (non-hydrogen) atoms. The quantitative estimate of drug-likeness (QED) is 0.470. The third-order valence-electron chi connectivity index (χ3n) is 4.76. The molecule has 3 nitrogen and oxygen atoms in total. The predicted molar refractivity (Wildman–Crippen MR) is 110 cm³/mol. The third-order valence-corrected chi connectivity index (χ3v) is 5.01. The first-order chi connectivity index (χ1) is 12.2. The van der Waals surface area contributed by atoms with E-state index in [1.54, 1.807) is 0 Å². The summed E-state index contributed by atoms with van der Waals surface area (Å²) < 4.78 is 0. The lowest BCUT2D eigenvalue weighted by molar-refractivity contribution is -0.119. The fraction of sp³-hybridized carbons (Fsp3) is 0.619. The smallest absolute Gasteiger partial charge is 0.153 e.